The molecule has 2 heterocycles. The van der Waals surface area contributed by atoms with Crippen molar-refractivity contribution in [1.82, 2.24) is 20.4 Å². The summed E-state index contributed by atoms with van der Waals surface area (Å²) < 4.78 is 10.7. The maximum absolute atomic E-state index is 12.7. The van der Waals surface area contributed by atoms with Gasteiger partial charge in [-0.25, -0.2) is 0 Å². The van der Waals surface area contributed by atoms with Gasteiger partial charge in [0, 0.05) is 18.7 Å². The normalized spacial score (nSPS) is 17.0. The summed E-state index contributed by atoms with van der Waals surface area (Å²) in [6.45, 7) is 1.78. The highest BCUT2D eigenvalue weighted by Crippen LogP contribution is 2.21. The van der Waals surface area contributed by atoms with E-state index in [1.807, 2.05) is 30.5 Å². The summed E-state index contributed by atoms with van der Waals surface area (Å²) in [5, 5.41) is 18.2. The topological polar surface area (TPSA) is 103 Å². The Balaban J connectivity index is 1.68. The van der Waals surface area contributed by atoms with E-state index in [9.17, 15) is 4.79 Å². The Morgan fingerprint density at radius 3 is 3.04 bits per heavy atom. The highest BCUT2D eigenvalue weighted by Gasteiger charge is 2.26. The first kappa shape index (κ1) is 16.8. The maximum atomic E-state index is 12.7. The number of aromatic nitrogens is 2. The zero-order valence-electron chi connectivity index (χ0n) is 13.9. The number of nitrogens with zero attached hydrogens (tertiary/aromatic N) is 3. The zero-order valence-corrected chi connectivity index (χ0v) is 13.9. The van der Waals surface area contributed by atoms with Crippen LogP contribution in [0.4, 0.5) is 0 Å². The molecule has 1 atom stereocenters. The monoisotopic (exact) mass is 341 g/mol. The lowest BCUT2D eigenvalue weighted by Crippen LogP contribution is -2.48. The van der Waals surface area contributed by atoms with Gasteiger partial charge in [0.05, 0.1) is 32.1 Å². The van der Waals surface area contributed by atoms with E-state index in [4.69, 9.17) is 14.7 Å². The van der Waals surface area contributed by atoms with E-state index in [1.54, 1.807) is 18.1 Å². The van der Waals surface area contributed by atoms with Crippen LogP contribution < -0.4 is 10.1 Å². The van der Waals surface area contributed by atoms with E-state index in [1.165, 1.54) is 0 Å². The molecule has 1 aliphatic rings. The minimum absolute atomic E-state index is 0.127. The molecule has 0 saturated carbocycles. The number of ether oxygens (including phenoxy) is 2. The van der Waals surface area contributed by atoms with E-state index in [0.29, 0.717) is 37.6 Å². The van der Waals surface area contributed by atoms with Crippen LogP contribution in [0, 0.1) is 11.5 Å². The minimum Gasteiger partial charge on any atom is -0.497 e. The largest absolute Gasteiger partial charge is 0.497 e. The Kier molecular flexibility index (Phi) is 5.16. The molecule has 3 rings (SSSR count). The van der Waals surface area contributed by atoms with Gasteiger partial charge >= 0.3 is 0 Å². The number of methoxy groups -OCH3 is 1. The van der Waals surface area contributed by atoms with Crippen molar-refractivity contribution >= 4 is 5.91 Å². The van der Waals surface area contributed by atoms with Crippen LogP contribution in [-0.2, 0) is 4.74 Å². The fourth-order valence-corrected chi connectivity index (χ4v) is 2.70. The van der Waals surface area contributed by atoms with Crippen molar-refractivity contribution in [1.29, 1.82) is 5.26 Å². The van der Waals surface area contributed by atoms with E-state index < -0.39 is 0 Å². The first-order chi connectivity index (χ1) is 12.2. The van der Waals surface area contributed by atoms with E-state index in [0.717, 1.165) is 11.3 Å². The molecule has 1 fully saturated rings. The number of aromatic amines is 1. The minimum atomic E-state index is -0.193. The first-order valence-electron chi connectivity index (χ1n) is 7.94. The molecule has 25 heavy (non-hydrogen) atoms. The van der Waals surface area contributed by atoms with Gasteiger partial charge in [0.25, 0.3) is 5.91 Å². The lowest BCUT2D eigenvalue weighted by atomic mass is 10.1. The molecule has 1 aliphatic heterocycles. The molecule has 1 aromatic carbocycles. The first-order valence-corrected chi connectivity index (χ1v) is 7.94. The van der Waals surface area contributed by atoms with Crippen LogP contribution in [-0.4, -0.2) is 60.5 Å². The van der Waals surface area contributed by atoms with Crippen LogP contribution in [0.25, 0.3) is 11.3 Å². The lowest BCUT2D eigenvalue weighted by molar-refractivity contribution is -0.0190. The number of benzene rings is 1. The van der Waals surface area contributed by atoms with Gasteiger partial charge in [0.1, 0.15) is 11.4 Å². The number of nitriles is 1. The summed E-state index contributed by atoms with van der Waals surface area (Å²) >= 11 is 0. The molecule has 0 radical (unpaired) electrons. The molecule has 8 heteroatoms. The van der Waals surface area contributed by atoms with Crippen molar-refractivity contribution < 1.29 is 14.3 Å². The van der Waals surface area contributed by atoms with Crippen LogP contribution in [0.15, 0.2) is 30.3 Å². The second-order valence-electron chi connectivity index (χ2n) is 5.63. The van der Waals surface area contributed by atoms with Gasteiger partial charge in [-0.2, -0.15) is 10.4 Å². The number of carbonyl (C=O) groups is 1. The van der Waals surface area contributed by atoms with Crippen molar-refractivity contribution in [2.75, 3.05) is 33.4 Å². The third-order valence-electron chi connectivity index (χ3n) is 4.03. The fourth-order valence-electron chi connectivity index (χ4n) is 2.70. The van der Waals surface area contributed by atoms with Crippen molar-refractivity contribution in [2.24, 2.45) is 0 Å². The van der Waals surface area contributed by atoms with Gasteiger partial charge in [-0.05, 0) is 30.3 Å². The van der Waals surface area contributed by atoms with Gasteiger partial charge in [0.2, 0.25) is 0 Å². The molecule has 1 saturated heterocycles. The fraction of sp³-hybridized carbons (Fsp3) is 0.353. The number of rotatable bonds is 5. The molecule has 130 valence electrons. The number of amides is 1. The molecule has 1 amide bonds. The highest BCUT2D eigenvalue weighted by molar-refractivity contribution is 5.93. The number of hydrogen-bond acceptors (Lipinski definition) is 6. The summed E-state index contributed by atoms with van der Waals surface area (Å²) in [6, 6.07) is 9.21. The average Bonchev–Trinajstić information content (AvgIpc) is 3.16. The number of H-pyrrole nitrogens is 1. The van der Waals surface area contributed by atoms with Gasteiger partial charge in [0.15, 0.2) is 6.19 Å². The molecule has 8 nitrogen and oxygen atoms in total. The third-order valence-corrected chi connectivity index (χ3v) is 4.03. The molecular formula is C17H19N5O3. The van der Waals surface area contributed by atoms with Gasteiger partial charge in [-0.1, -0.05) is 0 Å². The lowest BCUT2D eigenvalue weighted by Gasteiger charge is -2.32. The van der Waals surface area contributed by atoms with E-state index in [2.05, 4.69) is 15.5 Å². The van der Waals surface area contributed by atoms with Crippen molar-refractivity contribution in [3.63, 3.8) is 0 Å². The summed E-state index contributed by atoms with van der Waals surface area (Å²) in [5.41, 5.74) is 2.02. The second-order valence-corrected chi connectivity index (χ2v) is 5.63. The average molecular weight is 341 g/mol. The Hall–Kier alpha value is -3.05. The van der Waals surface area contributed by atoms with Crippen LogP contribution in [0.2, 0.25) is 0 Å². The quantitative estimate of drug-likeness (QED) is 0.621. The predicted octanol–water partition coefficient (Wildman–Crippen LogP) is 0.997. The molecule has 2 aromatic rings. The van der Waals surface area contributed by atoms with Crippen LogP contribution >= 0.6 is 0 Å². The predicted molar refractivity (Wildman–Crippen MR) is 89.8 cm³/mol. The third kappa shape index (κ3) is 3.89. The molecule has 0 spiro atoms. The van der Waals surface area contributed by atoms with E-state index >= 15 is 0 Å². The second kappa shape index (κ2) is 7.68. The summed E-state index contributed by atoms with van der Waals surface area (Å²) in [4.78, 5) is 14.4. The van der Waals surface area contributed by atoms with Crippen LogP contribution in [0.5, 0.6) is 5.75 Å². The summed E-state index contributed by atoms with van der Waals surface area (Å²) in [6.07, 6.45) is 1.67. The standard InChI is InChI=1S/C17H19N5O3/c1-24-13-4-2-12(3-5-13)15-8-16(21-20-15)17(23)22-6-7-25-14(10-22)9-19-11-18/h2-5,8,14,19H,6-7,9-10H2,1H3,(H,20,21)/t14-/m0/s1. The number of hydrogen-bond donors (Lipinski definition) is 2. The summed E-state index contributed by atoms with van der Waals surface area (Å²) in [7, 11) is 1.61. The number of morpholine rings is 1. The zero-order chi connectivity index (χ0) is 17.6. The molecular weight excluding hydrogens is 322 g/mol. The van der Waals surface area contributed by atoms with Crippen molar-refractivity contribution in [2.45, 2.75) is 6.10 Å². The SMILES string of the molecule is COc1ccc(-c2cc(C(=O)N3CCO[C@@H](CNC#N)C3)[nH]n2)cc1. The maximum Gasteiger partial charge on any atom is 0.272 e. The highest BCUT2D eigenvalue weighted by atomic mass is 16.5. The molecule has 2 N–H and O–H groups in total. The number of nitrogens with one attached hydrogen (secondary N) is 2. The molecule has 1 aromatic heterocycles. The van der Waals surface area contributed by atoms with Gasteiger partial charge in [-0.3, -0.25) is 9.89 Å². The Morgan fingerprint density at radius 1 is 1.52 bits per heavy atom. The Morgan fingerprint density at radius 2 is 2.32 bits per heavy atom. The van der Waals surface area contributed by atoms with E-state index in [-0.39, 0.29) is 12.0 Å². The molecule has 0 bridgehead atoms. The van der Waals surface area contributed by atoms with Gasteiger partial charge < -0.3 is 19.7 Å². The molecule has 0 aliphatic carbocycles. The van der Waals surface area contributed by atoms with Crippen LogP contribution in [0.1, 0.15) is 10.5 Å². The van der Waals surface area contributed by atoms with Crippen molar-refractivity contribution in [3.05, 3.63) is 36.0 Å². The number of carbonyl (C=O) groups excluding carboxylic acids is 1. The molecule has 0 unspecified atom stereocenters. The van der Waals surface area contributed by atoms with Gasteiger partial charge in [-0.15, -0.1) is 0 Å². The smallest absolute Gasteiger partial charge is 0.272 e. The van der Waals surface area contributed by atoms with Crippen LogP contribution in [0.3, 0.4) is 0 Å². The Bertz CT molecular complexity index is 765. The Labute approximate surface area is 145 Å². The van der Waals surface area contributed by atoms with Crippen molar-refractivity contribution in [3.8, 4) is 23.2 Å². The summed E-state index contributed by atoms with van der Waals surface area (Å²) in [5.74, 6) is 0.637.